The molecular weight excluding hydrogens is 438 g/mol. The molecule has 0 aliphatic heterocycles. The lowest BCUT2D eigenvalue weighted by Crippen LogP contribution is -2.37. The highest BCUT2D eigenvalue weighted by Gasteiger charge is 2.27. The van der Waals surface area contributed by atoms with Crippen LogP contribution in [0.15, 0.2) is 0 Å². The standard InChI is InChI=1S/C30H57NO4/c1-26(32)22-18-14-10-6-9-13-17-21-25-31-27(33)29(2,3)23-19-15-11-7-8-12-16-20-24-30(4,5)28(34)35/h6-25H2,1-5H3,(H,31,33)(H,34,35). The summed E-state index contributed by atoms with van der Waals surface area (Å²) in [7, 11) is 0. The molecule has 35 heavy (non-hydrogen) atoms. The average Bonchev–Trinajstić information content (AvgIpc) is 2.78. The number of nitrogens with one attached hydrogen (secondary N) is 1. The van der Waals surface area contributed by atoms with Crippen molar-refractivity contribution in [2.24, 2.45) is 10.8 Å². The number of carbonyl (C=O) groups is 3. The molecule has 0 aliphatic rings. The van der Waals surface area contributed by atoms with Gasteiger partial charge in [0.15, 0.2) is 0 Å². The van der Waals surface area contributed by atoms with Crippen molar-refractivity contribution in [1.82, 2.24) is 5.32 Å². The van der Waals surface area contributed by atoms with E-state index in [1.54, 1.807) is 6.92 Å². The van der Waals surface area contributed by atoms with Gasteiger partial charge in [0.2, 0.25) is 5.91 Å². The molecule has 5 heteroatoms. The van der Waals surface area contributed by atoms with Crippen LogP contribution in [0.25, 0.3) is 0 Å². The molecule has 0 aliphatic carbocycles. The van der Waals surface area contributed by atoms with E-state index in [1.165, 1.54) is 70.6 Å². The summed E-state index contributed by atoms with van der Waals surface area (Å²) >= 11 is 0. The monoisotopic (exact) mass is 495 g/mol. The minimum absolute atomic E-state index is 0.187. The predicted molar refractivity (Wildman–Crippen MR) is 147 cm³/mol. The van der Waals surface area contributed by atoms with Gasteiger partial charge in [-0.3, -0.25) is 9.59 Å². The van der Waals surface area contributed by atoms with E-state index in [0.29, 0.717) is 5.78 Å². The number of carbonyl (C=O) groups excluding carboxylic acids is 2. The molecule has 0 atom stereocenters. The number of carboxylic acids is 1. The summed E-state index contributed by atoms with van der Waals surface area (Å²) in [6.45, 7) is 10.2. The third-order valence-electron chi connectivity index (χ3n) is 7.29. The molecule has 0 aromatic rings. The summed E-state index contributed by atoms with van der Waals surface area (Å²) in [4.78, 5) is 34.6. The Morgan fingerprint density at radius 2 is 0.943 bits per heavy atom. The smallest absolute Gasteiger partial charge is 0.309 e. The summed E-state index contributed by atoms with van der Waals surface area (Å²) in [5.41, 5.74) is -0.895. The largest absolute Gasteiger partial charge is 0.481 e. The molecule has 0 saturated carbocycles. The van der Waals surface area contributed by atoms with Gasteiger partial charge in [-0.1, -0.05) is 104 Å². The van der Waals surface area contributed by atoms with Crippen LogP contribution < -0.4 is 5.32 Å². The van der Waals surface area contributed by atoms with Gasteiger partial charge in [-0.15, -0.1) is 0 Å². The highest BCUT2D eigenvalue weighted by Crippen LogP contribution is 2.26. The van der Waals surface area contributed by atoms with Crippen molar-refractivity contribution in [3.8, 4) is 0 Å². The van der Waals surface area contributed by atoms with Gasteiger partial charge in [0.25, 0.3) is 0 Å². The van der Waals surface area contributed by atoms with Crippen molar-refractivity contribution in [3.05, 3.63) is 0 Å². The first-order chi connectivity index (χ1) is 16.5. The maximum absolute atomic E-state index is 12.6. The summed E-state index contributed by atoms with van der Waals surface area (Å²) in [5.74, 6) is -0.212. The van der Waals surface area contributed by atoms with E-state index in [-0.39, 0.29) is 11.3 Å². The van der Waals surface area contributed by atoms with E-state index in [9.17, 15) is 14.4 Å². The quantitative estimate of drug-likeness (QED) is 0.132. The number of aliphatic carboxylic acids is 1. The molecular formula is C30H57NO4. The van der Waals surface area contributed by atoms with Crippen molar-refractivity contribution in [1.29, 1.82) is 0 Å². The number of amides is 1. The molecule has 0 aromatic heterocycles. The van der Waals surface area contributed by atoms with E-state index in [4.69, 9.17) is 5.11 Å². The van der Waals surface area contributed by atoms with Crippen LogP contribution >= 0.6 is 0 Å². The molecule has 1 amide bonds. The van der Waals surface area contributed by atoms with E-state index < -0.39 is 11.4 Å². The first-order valence-corrected chi connectivity index (χ1v) is 14.5. The lowest BCUT2D eigenvalue weighted by Gasteiger charge is -2.23. The first-order valence-electron chi connectivity index (χ1n) is 14.5. The zero-order valence-electron chi connectivity index (χ0n) is 23.8. The molecule has 0 saturated heterocycles. The lowest BCUT2D eigenvalue weighted by atomic mass is 9.85. The molecule has 0 fully saturated rings. The topological polar surface area (TPSA) is 83.5 Å². The number of rotatable bonds is 24. The molecule has 0 aromatic carbocycles. The number of ketones is 1. The number of Topliss-reactive ketones (excluding diaryl/α,β-unsaturated/α-hetero) is 1. The van der Waals surface area contributed by atoms with Crippen LogP contribution in [-0.2, 0) is 14.4 Å². The van der Waals surface area contributed by atoms with Gasteiger partial charge in [0.1, 0.15) is 5.78 Å². The number of hydrogen-bond donors (Lipinski definition) is 2. The van der Waals surface area contributed by atoms with E-state index >= 15 is 0 Å². The van der Waals surface area contributed by atoms with Gasteiger partial charge >= 0.3 is 5.97 Å². The highest BCUT2D eigenvalue weighted by molar-refractivity contribution is 5.81. The lowest BCUT2D eigenvalue weighted by molar-refractivity contribution is -0.147. The fourth-order valence-corrected chi connectivity index (χ4v) is 4.42. The molecule has 0 heterocycles. The van der Waals surface area contributed by atoms with Crippen molar-refractivity contribution in [2.75, 3.05) is 6.54 Å². The molecule has 0 spiro atoms. The summed E-state index contributed by atoms with van der Waals surface area (Å²) < 4.78 is 0. The minimum atomic E-state index is -0.699. The van der Waals surface area contributed by atoms with Crippen molar-refractivity contribution in [2.45, 2.75) is 157 Å². The first kappa shape index (κ1) is 33.6. The summed E-state index contributed by atoms with van der Waals surface area (Å²) in [6, 6.07) is 0. The van der Waals surface area contributed by atoms with Crippen LogP contribution in [0.3, 0.4) is 0 Å². The highest BCUT2D eigenvalue weighted by atomic mass is 16.4. The third-order valence-corrected chi connectivity index (χ3v) is 7.29. The van der Waals surface area contributed by atoms with Gasteiger partial charge in [0.05, 0.1) is 5.41 Å². The molecule has 0 unspecified atom stereocenters. The molecule has 206 valence electrons. The molecule has 0 bridgehead atoms. The fourth-order valence-electron chi connectivity index (χ4n) is 4.42. The minimum Gasteiger partial charge on any atom is -0.481 e. The fraction of sp³-hybridized carbons (Fsp3) is 0.900. The second-order valence-electron chi connectivity index (χ2n) is 11.9. The Morgan fingerprint density at radius 3 is 1.37 bits per heavy atom. The molecule has 0 rings (SSSR count). The Kier molecular flexibility index (Phi) is 19.0. The predicted octanol–water partition coefficient (Wildman–Crippen LogP) is 8.24. The maximum Gasteiger partial charge on any atom is 0.309 e. The van der Waals surface area contributed by atoms with Crippen LogP contribution in [0.1, 0.15) is 157 Å². The molecule has 2 N–H and O–H groups in total. The Morgan fingerprint density at radius 1 is 0.571 bits per heavy atom. The van der Waals surface area contributed by atoms with Gasteiger partial charge in [0, 0.05) is 18.4 Å². The van der Waals surface area contributed by atoms with Crippen molar-refractivity contribution < 1.29 is 19.5 Å². The van der Waals surface area contributed by atoms with E-state index in [0.717, 1.165) is 57.9 Å². The molecule has 5 nitrogen and oxygen atoms in total. The van der Waals surface area contributed by atoms with Crippen LogP contribution in [0.5, 0.6) is 0 Å². The van der Waals surface area contributed by atoms with Gasteiger partial charge in [-0.2, -0.15) is 0 Å². The second-order valence-corrected chi connectivity index (χ2v) is 11.9. The number of unbranched alkanes of at least 4 members (excludes halogenated alkanes) is 14. The van der Waals surface area contributed by atoms with Crippen molar-refractivity contribution >= 4 is 17.7 Å². The van der Waals surface area contributed by atoms with Gasteiger partial charge in [-0.05, 0) is 46.5 Å². The number of hydrogen-bond acceptors (Lipinski definition) is 3. The normalized spacial score (nSPS) is 12.0. The number of carboxylic acid groups (broad SMARTS) is 1. The average molecular weight is 496 g/mol. The second kappa shape index (κ2) is 19.8. The maximum atomic E-state index is 12.6. The summed E-state index contributed by atoms with van der Waals surface area (Å²) in [6.07, 6.45) is 21.0. The Labute approximate surface area is 216 Å². The van der Waals surface area contributed by atoms with Crippen LogP contribution in [0.4, 0.5) is 0 Å². The molecule has 0 radical (unpaired) electrons. The zero-order chi connectivity index (χ0) is 26.6. The van der Waals surface area contributed by atoms with Crippen LogP contribution in [-0.4, -0.2) is 29.3 Å². The zero-order valence-corrected chi connectivity index (χ0v) is 23.8. The SMILES string of the molecule is CC(=O)CCCCCCCCCCNC(=O)C(C)(C)CCCCCCCCCCC(C)(C)C(=O)O. The summed E-state index contributed by atoms with van der Waals surface area (Å²) in [5, 5.41) is 12.3. The van der Waals surface area contributed by atoms with E-state index in [2.05, 4.69) is 19.2 Å². The van der Waals surface area contributed by atoms with Crippen LogP contribution in [0, 0.1) is 10.8 Å². The van der Waals surface area contributed by atoms with E-state index in [1.807, 2.05) is 13.8 Å². The third kappa shape index (κ3) is 19.5. The Hall–Kier alpha value is -1.39. The Balaban J connectivity index is 3.59. The van der Waals surface area contributed by atoms with Gasteiger partial charge in [-0.25, -0.2) is 0 Å². The van der Waals surface area contributed by atoms with Crippen LogP contribution in [0.2, 0.25) is 0 Å². The van der Waals surface area contributed by atoms with Gasteiger partial charge < -0.3 is 15.2 Å². The van der Waals surface area contributed by atoms with Crippen molar-refractivity contribution in [3.63, 3.8) is 0 Å². The Bertz CT molecular complexity index is 583.